The average Bonchev–Trinajstić information content (AvgIpc) is 3.18. The number of piperidine rings is 1. The zero-order chi connectivity index (χ0) is 22.1. The first-order valence-corrected chi connectivity index (χ1v) is 11.9. The summed E-state index contributed by atoms with van der Waals surface area (Å²) in [5.74, 6) is -0.552. The minimum absolute atomic E-state index is 0.156. The molecule has 0 spiro atoms. The number of rotatable bonds is 4. The van der Waals surface area contributed by atoms with Crippen LogP contribution in [0.15, 0.2) is 39.7 Å². The zero-order valence-corrected chi connectivity index (χ0v) is 20.0. The topological polar surface area (TPSA) is 62.6 Å². The minimum Gasteiger partial charge on any atom is -0.341 e. The van der Waals surface area contributed by atoms with Gasteiger partial charge < -0.3 is 9.47 Å². The van der Waals surface area contributed by atoms with E-state index in [9.17, 15) is 14.4 Å². The summed E-state index contributed by atoms with van der Waals surface area (Å²) in [5, 5.41) is -0.387. The number of likely N-dealkylation sites (tertiary alicyclic amines) is 1. The van der Waals surface area contributed by atoms with E-state index >= 15 is 0 Å². The summed E-state index contributed by atoms with van der Waals surface area (Å²) in [5.41, 5.74) is 3.91. The highest BCUT2D eigenvalue weighted by Crippen LogP contribution is 2.34. The van der Waals surface area contributed by atoms with Gasteiger partial charge in [0.15, 0.2) is 0 Å². The van der Waals surface area contributed by atoms with Gasteiger partial charge in [0.05, 0.1) is 4.91 Å². The van der Waals surface area contributed by atoms with E-state index in [2.05, 4.69) is 20.5 Å². The van der Waals surface area contributed by atoms with Crippen molar-refractivity contribution in [3.05, 3.63) is 56.7 Å². The van der Waals surface area contributed by atoms with Gasteiger partial charge in [0.1, 0.15) is 6.54 Å². The number of carbonyl (C=O) groups excluding carboxylic acids is 3. The highest BCUT2D eigenvalue weighted by Gasteiger charge is 2.37. The quantitative estimate of drug-likeness (QED) is 0.558. The fourth-order valence-corrected chi connectivity index (χ4v) is 5.32. The number of hydrogen-bond donors (Lipinski definition) is 0. The molecule has 2 aliphatic heterocycles. The third-order valence-electron chi connectivity index (χ3n) is 5.70. The Bertz CT molecular complexity index is 1090. The normalized spacial score (nSPS) is 18.4. The van der Waals surface area contributed by atoms with E-state index in [4.69, 9.17) is 0 Å². The monoisotopic (exact) mass is 501 g/mol. The van der Waals surface area contributed by atoms with Crippen molar-refractivity contribution in [2.24, 2.45) is 0 Å². The molecular weight excluding hydrogens is 478 g/mol. The molecule has 31 heavy (non-hydrogen) atoms. The van der Waals surface area contributed by atoms with E-state index in [0.29, 0.717) is 18.0 Å². The van der Waals surface area contributed by atoms with Crippen LogP contribution >= 0.6 is 27.7 Å². The van der Waals surface area contributed by atoms with E-state index in [0.717, 1.165) is 63.0 Å². The second-order valence-electron chi connectivity index (χ2n) is 7.85. The first-order valence-electron chi connectivity index (χ1n) is 10.3. The molecule has 0 radical (unpaired) electrons. The maximum Gasteiger partial charge on any atom is 0.294 e. The molecule has 3 amide bonds. The van der Waals surface area contributed by atoms with Crippen LogP contribution < -0.4 is 0 Å². The van der Waals surface area contributed by atoms with E-state index in [-0.39, 0.29) is 17.7 Å². The van der Waals surface area contributed by atoms with Gasteiger partial charge in [0.25, 0.3) is 11.1 Å². The van der Waals surface area contributed by atoms with Gasteiger partial charge in [-0.15, -0.1) is 0 Å². The largest absolute Gasteiger partial charge is 0.341 e. The number of aryl methyl sites for hydroxylation is 1. The maximum atomic E-state index is 12.9. The summed E-state index contributed by atoms with van der Waals surface area (Å²) < 4.78 is 3.10. The van der Waals surface area contributed by atoms with Crippen LogP contribution in [0.25, 0.3) is 11.8 Å². The van der Waals surface area contributed by atoms with Gasteiger partial charge in [-0.05, 0) is 80.8 Å². The summed E-state index contributed by atoms with van der Waals surface area (Å²) >= 11 is 4.41. The molecule has 0 saturated carbocycles. The van der Waals surface area contributed by atoms with Crippen LogP contribution in [0.2, 0.25) is 0 Å². The zero-order valence-electron chi connectivity index (χ0n) is 17.6. The summed E-state index contributed by atoms with van der Waals surface area (Å²) in [6.45, 7) is 5.22. The number of hydrogen-bond acceptors (Lipinski definition) is 4. The molecule has 8 heteroatoms. The van der Waals surface area contributed by atoms with Crippen LogP contribution in [0.4, 0.5) is 4.79 Å². The first kappa shape index (κ1) is 21.9. The Labute approximate surface area is 194 Å². The molecule has 1 aromatic carbocycles. The van der Waals surface area contributed by atoms with Crippen molar-refractivity contribution < 1.29 is 14.4 Å². The molecule has 0 aliphatic carbocycles. The van der Waals surface area contributed by atoms with Crippen molar-refractivity contribution >= 4 is 50.8 Å². The summed E-state index contributed by atoms with van der Waals surface area (Å²) in [6.07, 6.45) is 4.82. The lowest BCUT2D eigenvalue weighted by Gasteiger charge is -2.27. The van der Waals surface area contributed by atoms with Gasteiger partial charge in [-0.1, -0.05) is 22.0 Å². The smallest absolute Gasteiger partial charge is 0.294 e. The predicted molar refractivity (Wildman–Crippen MR) is 126 cm³/mol. The van der Waals surface area contributed by atoms with Crippen molar-refractivity contribution in [1.82, 2.24) is 14.4 Å². The number of thioether (sulfide) groups is 1. The SMILES string of the molecule is Cc1cc(/C=C2\SC(=O)N(CC(=O)N3CCCCC3)C2=O)c(C)n1-c1cccc(Br)c1. The lowest BCUT2D eigenvalue weighted by molar-refractivity contribution is -0.136. The van der Waals surface area contributed by atoms with Crippen molar-refractivity contribution in [2.75, 3.05) is 19.6 Å². The molecule has 2 aromatic rings. The van der Waals surface area contributed by atoms with Crippen LogP contribution in [0.1, 0.15) is 36.2 Å². The number of aromatic nitrogens is 1. The summed E-state index contributed by atoms with van der Waals surface area (Å²) in [4.78, 5) is 41.1. The van der Waals surface area contributed by atoms with Crippen LogP contribution in [-0.4, -0.2) is 51.1 Å². The van der Waals surface area contributed by atoms with E-state index in [1.807, 2.05) is 44.2 Å². The Morgan fingerprint density at radius 2 is 1.87 bits per heavy atom. The molecule has 6 nitrogen and oxygen atoms in total. The number of halogens is 1. The highest BCUT2D eigenvalue weighted by molar-refractivity contribution is 9.10. The Balaban J connectivity index is 1.56. The Morgan fingerprint density at radius 1 is 1.13 bits per heavy atom. The molecule has 2 saturated heterocycles. The Morgan fingerprint density at radius 3 is 2.58 bits per heavy atom. The number of imide groups is 1. The Kier molecular flexibility index (Phi) is 6.39. The van der Waals surface area contributed by atoms with Gasteiger partial charge in [-0.25, -0.2) is 0 Å². The fraction of sp³-hybridized carbons (Fsp3) is 0.348. The molecule has 1 aromatic heterocycles. The average molecular weight is 502 g/mol. The third kappa shape index (κ3) is 4.50. The van der Waals surface area contributed by atoms with Crippen LogP contribution in [0.5, 0.6) is 0 Å². The van der Waals surface area contributed by atoms with Crippen molar-refractivity contribution in [3.63, 3.8) is 0 Å². The maximum absolute atomic E-state index is 12.9. The number of amides is 3. The summed E-state index contributed by atoms with van der Waals surface area (Å²) in [6, 6.07) is 10.0. The highest BCUT2D eigenvalue weighted by atomic mass is 79.9. The van der Waals surface area contributed by atoms with Gasteiger partial charge in [-0.3, -0.25) is 19.3 Å². The minimum atomic E-state index is -0.396. The van der Waals surface area contributed by atoms with Gasteiger partial charge in [0.2, 0.25) is 5.91 Å². The lowest BCUT2D eigenvalue weighted by atomic mass is 10.1. The van der Waals surface area contributed by atoms with Crippen LogP contribution in [0.3, 0.4) is 0 Å². The molecule has 0 atom stereocenters. The van der Waals surface area contributed by atoms with Gasteiger partial charge >= 0.3 is 0 Å². The number of benzene rings is 1. The van der Waals surface area contributed by atoms with Gasteiger partial charge in [0, 0.05) is 34.6 Å². The fourth-order valence-electron chi connectivity index (χ4n) is 4.10. The molecule has 0 bridgehead atoms. The lowest BCUT2D eigenvalue weighted by Crippen LogP contribution is -2.44. The van der Waals surface area contributed by atoms with E-state index in [1.165, 1.54) is 0 Å². The molecule has 162 valence electrons. The molecule has 3 heterocycles. The number of nitrogens with zero attached hydrogens (tertiary/aromatic N) is 3. The summed E-state index contributed by atoms with van der Waals surface area (Å²) in [7, 11) is 0. The second-order valence-corrected chi connectivity index (χ2v) is 9.76. The first-order chi connectivity index (χ1) is 14.8. The van der Waals surface area contributed by atoms with Crippen molar-refractivity contribution in [3.8, 4) is 5.69 Å². The molecule has 0 N–H and O–H groups in total. The van der Waals surface area contributed by atoms with Gasteiger partial charge in [-0.2, -0.15) is 0 Å². The van der Waals surface area contributed by atoms with Crippen molar-refractivity contribution in [1.29, 1.82) is 0 Å². The molecular formula is C23H24BrN3O3S. The Hall–Kier alpha value is -2.32. The van der Waals surface area contributed by atoms with Crippen molar-refractivity contribution in [2.45, 2.75) is 33.1 Å². The molecule has 0 unspecified atom stereocenters. The second kappa shape index (κ2) is 9.04. The predicted octanol–water partition coefficient (Wildman–Crippen LogP) is 4.91. The standard InChI is InChI=1S/C23H24BrN3O3S/c1-15-11-17(16(2)27(15)19-8-6-7-18(24)13-19)12-20-22(29)26(23(30)31-20)14-21(28)25-9-4-3-5-10-25/h6-8,11-13H,3-5,9-10,14H2,1-2H3/b20-12-. The molecule has 4 rings (SSSR count). The molecule has 2 fully saturated rings. The van der Waals surface area contributed by atoms with Crippen LogP contribution in [-0.2, 0) is 9.59 Å². The van der Waals surface area contributed by atoms with E-state index < -0.39 is 5.91 Å². The van der Waals surface area contributed by atoms with E-state index in [1.54, 1.807) is 11.0 Å². The molecule has 2 aliphatic rings. The van der Waals surface area contributed by atoms with Crippen LogP contribution in [0, 0.1) is 13.8 Å². The number of carbonyl (C=O) groups is 3. The third-order valence-corrected chi connectivity index (χ3v) is 7.10.